The van der Waals surface area contributed by atoms with Crippen molar-refractivity contribution in [3.63, 3.8) is 0 Å². The van der Waals surface area contributed by atoms with Crippen LogP contribution in [0.15, 0.2) is 65.3 Å². The molecule has 1 aliphatic rings. The van der Waals surface area contributed by atoms with Gasteiger partial charge in [-0.2, -0.15) is 0 Å². The summed E-state index contributed by atoms with van der Waals surface area (Å²) >= 11 is 3.52. The van der Waals surface area contributed by atoms with E-state index in [0.29, 0.717) is 0 Å². The van der Waals surface area contributed by atoms with Crippen LogP contribution in [0.4, 0.5) is 0 Å². The predicted molar refractivity (Wildman–Crippen MR) is 98.5 cm³/mol. The summed E-state index contributed by atoms with van der Waals surface area (Å²) in [7, 11) is 0. The molecule has 3 heteroatoms. The molecule has 0 unspecified atom stereocenters. The molecule has 2 nitrogen and oxygen atoms in total. The number of rotatable bonds is 3. The molecule has 0 aliphatic carbocycles. The van der Waals surface area contributed by atoms with Gasteiger partial charge in [-0.25, -0.2) is 0 Å². The largest absolute Gasteiger partial charge is 0.346 e. The van der Waals surface area contributed by atoms with Crippen LogP contribution >= 0.6 is 15.9 Å². The zero-order valence-electron chi connectivity index (χ0n) is 12.9. The lowest BCUT2D eigenvalue weighted by Gasteiger charge is -2.17. The Labute approximate surface area is 145 Å². The first-order valence-electron chi connectivity index (χ1n) is 8.03. The van der Waals surface area contributed by atoms with Crippen molar-refractivity contribution < 1.29 is 0 Å². The highest BCUT2D eigenvalue weighted by atomic mass is 79.9. The molecule has 0 bridgehead atoms. The molecule has 0 amide bonds. The van der Waals surface area contributed by atoms with Crippen molar-refractivity contribution in [3.05, 3.63) is 82.1 Å². The van der Waals surface area contributed by atoms with Crippen LogP contribution in [0.25, 0.3) is 11.1 Å². The maximum atomic E-state index is 3.52. The highest BCUT2D eigenvalue weighted by molar-refractivity contribution is 9.10. The maximum absolute atomic E-state index is 3.52. The number of nitrogens with zero attached hydrogens (tertiary/aromatic N) is 1. The SMILES string of the molecule is Brc1ccc(-c2cn(Cc3ccccc3)c3c2CNCC3)cc1. The molecular formula is C20H19BrN2. The predicted octanol–water partition coefficient (Wildman–Crippen LogP) is 4.61. The van der Waals surface area contributed by atoms with Crippen molar-refractivity contribution >= 4 is 15.9 Å². The average molecular weight is 367 g/mol. The zero-order valence-corrected chi connectivity index (χ0v) is 14.5. The number of fused-ring (bicyclic) bond motifs is 1. The fraction of sp³-hybridized carbons (Fsp3) is 0.200. The smallest absolute Gasteiger partial charge is 0.0473 e. The third kappa shape index (κ3) is 2.99. The van der Waals surface area contributed by atoms with Crippen molar-refractivity contribution in [2.45, 2.75) is 19.5 Å². The summed E-state index contributed by atoms with van der Waals surface area (Å²) in [5, 5.41) is 3.52. The van der Waals surface area contributed by atoms with Gasteiger partial charge in [0.15, 0.2) is 0 Å². The zero-order chi connectivity index (χ0) is 15.6. The Bertz CT molecular complexity index is 804. The van der Waals surface area contributed by atoms with Crippen LogP contribution in [0.3, 0.4) is 0 Å². The topological polar surface area (TPSA) is 17.0 Å². The van der Waals surface area contributed by atoms with Crippen LogP contribution in [0.5, 0.6) is 0 Å². The van der Waals surface area contributed by atoms with Crippen LogP contribution < -0.4 is 5.32 Å². The van der Waals surface area contributed by atoms with Gasteiger partial charge in [0.2, 0.25) is 0 Å². The van der Waals surface area contributed by atoms with Crippen LogP contribution in [0, 0.1) is 0 Å². The molecule has 0 fully saturated rings. The standard InChI is InChI=1S/C20H19BrN2/c21-17-8-6-16(7-9-17)19-14-23(13-15-4-2-1-3-5-15)20-10-11-22-12-18(19)20/h1-9,14,22H,10-13H2. The summed E-state index contributed by atoms with van der Waals surface area (Å²) in [4.78, 5) is 0. The quantitative estimate of drug-likeness (QED) is 0.715. The molecule has 3 aromatic rings. The second kappa shape index (κ2) is 6.34. The second-order valence-corrected chi connectivity index (χ2v) is 6.93. The van der Waals surface area contributed by atoms with E-state index in [0.717, 1.165) is 30.5 Å². The summed E-state index contributed by atoms with van der Waals surface area (Å²) < 4.78 is 3.56. The van der Waals surface area contributed by atoms with Gasteiger partial charge in [0, 0.05) is 48.0 Å². The normalized spacial score (nSPS) is 13.8. The molecule has 0 spiro atoms. The fourth-order valence-corrected chi connectivity index (χ4v) is 3.62. The highest BCUT2D eigenvalue weighted by Crippen LogP contribution is 2.31. The van der Waals surface area contributed by atoms with Crippen LogP contribution in [0.2, 0.25) is 0 Å². The second-order valence-electron chi connectivity index (χ2n) is 6.02. The Hall–Kier alpha value is -1.84. The molecule has 0 atom stereocenters. The van der Waals surface area contributed by atoms with Gasteiger partial charge < -0.3 is 9.88 Å². The highest BCUT2D eigenvalue weighted by Gasteiger charge is 2.19. The summed E-state index contributed by atoms with van der Waals surface area (Å²) in [5.41, 5.74) is 6.93. The molecule has 4 rings (SSSR count). The van der Waals surface area contributed by atoms with Gasteiger partial charge in [-0.05, 0) is 28.8 Å². The van der Waals surface area contributed by atoms with Gasteiger partial charge in [-0.1, -0.05) is 58.4 Å². The van der Waals surface area contributed by atoms with Gasteiger partial charge in [0.25, 0.3) is 0 Å². The average Bonchev–Trinajstić information content (AvgIpc) is 2.95. The Kier molecular flexibility index (Phi) is 4.06. The number of hydrogen-bond donors (Lipinski definition) is 1. The van der Waals surface area contributed by atoms with E-state index in [1.165, 1.54) is 27.9 Å². The van der Waals surface area contributed by atoms with Gasteiger partial charge in [-0.3, -0.25) is 0 Å². The Morgan fingerprint density at radius 1 is 1.00 bits per heavy atom. The Morgan fingerprint density at radius 3 is 2.57 bits per heavy atom. The molecule has 23 heavy (non-hydrogen) atoms. The summed E-state index contributed by atoms with van der Waals surface area (Å²) in [6.45, 7) is 2.97. The van der Waals surface area contributed by atoms with Crippen molar-refractivity contribution in [3.8, 4) is 11.1 Å². The van der Waals surface area contributed by atoms with Crippen molar-refractivity contribution in [1.29, 1.82) is 0 Å². The van der Waals surface area contributed by atoms with Crippen molar-refractivity contribution in [2.75, 3.05) is 6.54 Å². The maximum Gasteiger partial charge on any atom is 0.0473 e. The van der Waals surface area contributed by atoms with E-state index in [4.69, 9.17) is 0 Å². The third-order valence-electron chi connectivity index (χ3n) is 4.50. The minimum absolute atomic E-state index is 0.944. The molecule has 1 N–H and O–H groups in total. The number of hydrogen-bond acceptors (Lipinski definition) is 1. The van der Waals surface area contributed by atoms with E-state index in [2.05, 4.69) is 86.6 Å². The van der Waals surface area contributed by atoms with Crippen LogP contribution in [0.1, 0.15) is 16.8 Å². The minimum Gasteiger partial charge on any atom is -0.346 e. The van der Waals surface area contributed by atoms with Gasteiger partial charge >= 0.3 is 0 Å². The summed E-state index contributed by atoms with van der Waals surface area (Å²) in [5.74, 6) is 0. The van der Waals surface area contributed by atoms with Crippen molar-refractivity contribution in [2.24, 2.45) is 0 Å². The molecule has 2 aromatic carbocycles. The Morgan fingerprint density at radius 2 is 1.78 bits per heavy atom. The number of benzene rings is 2. The first-order chi connectivity index (χ1) is 11.3. The fourth-order valence-electron chi connectivity index (χ4n) is 3.35. The van der Waals surface area contributed by atoms with E-state index in [1.807, 2.05) is 0 Å². The van der Waals surface area contributed by atoms with Gasteiger partial charge in [0.05, 0.1) is 0 Å². The molecule has 116 valence electrons. The number of halogens is 1. The molecule has 0 saturated carbocycles. The molecule has 0 saturated heterocycles. The lowest BCUT2D eigenvalue weighted by Crippen LogP contribution is -2.25. The van der Waals surface area contributed by atoms with Crippen LogP contribution in [-0.4, -0.2) is 11.1 Å². The van der Waals surface area contributed by atoms with Crippen LogP contribution in [-0.2, 0) is 19.5 Å². The van der Waals surface area contributed by atoms with E-state index >= 15 is 0 Å². The molecule has 0 radical (unpaired) electrons. The summed E-state index contributed by atoms with van der Waals surface area (Å²) in [6, 6.07) is 19.3. The molecule has 1 aromatic heterocycles. The monoisotopic (exact) mass is 366 g/mol. The molecule has 2 heterocycles. The number of nitrogens with one attached hydrogen (secondary N) is 1. The first kappa shape index (κ1) is 14.7. The third-order valence-corrected chi connectivity index (χ3v) is 5.03. The number of aromatic nitrogens is 1. The van der Waals surface area contributed by atoms with Gasteiger partial charge in [0.1, 0.15) is 0 Å². The molecular weight excluding hydrogens is 348 g/mol. The lowest BCUT2D eigenvalue weighted by atomic mass is 10.00. The van der Waals surface area contributed by atoms with Gasteiger partial charge in [-0.15, -0.1) is 0 Å². The van der Waals surface area contributed by atoms with Crippen molar-refractivity contribution in [1.82, 2.24) is 9.88 Å². The molecule has 1 aliphatic heterocycles. The Balaban J connectivity index is 1.77. The lowest BCUT2D eigenvalue weighted by molar-refractivity contribution is 0.607. The summed E-state index contributed by atoms with van der Waals surface area (Å²) in [6.07, 6.45) is 3.42. The van der Waals surface area contributed by atoms with E-state index in [9.17, 15) is 0 Å². The minimum atomic E-state index is 0.944. The van der Waals surface area contributed by atoms with E-state index in [1.54, 1.807) is 0 Å². The first-order valence-corrected chi connectivity index (χ1v) is 8.82. The van der Waals surface area contributed by atoms with E-state index < -0.39 is 0 Å². The van der Waals surface area contributed by atoms with E-state index in [-0.39, 0.29) is 0 Å².